The molecule has 8 nitrogen and oxygen atoms in total. The van der Waals surface area contributed by atoms with E-state index in [9.17, 15) is 9.59 Å². The first kappa shape index (κ1) is 23.3. The minimum atomic E-state index is -0.608. The summed E-state index contributed by atoms with van der Waals surface area (Å²) in [6.07, 6.45) is -0.350. The summed E-state index contributed by atoms with van der Waals surface area (Å²) in [5, 5.41) is 5.73. The topological polar surface area (TPSA) is 84.0 Å². The summed E-state index contributed by atoms with van der Waals surface area (Å²) in [4.78, 5) is 34.1. The van der Waals surface area contributed by atoms with Crippen LogP contribution in [-0.4, -0.2) is 65.5 Å². The van der Waals surface area contributed by atoms with Gasteiger partial charge >= 0.3 is 0 Å². The Morgan fingerprint density at radius 2 is 1.80 bits per heavy atom. The Bertz CT molecular complexity index is 1190. The highest BCUT2D eigenvalue weighted by molar-refractivity contribution is 7.09. The van der Waals surface area contributed by atoms with Gasteiger partial charge in [0.1, 0.15) is 11.6 Å². The van der Waals surface area contributed by atoms with Crippen LogP contribution in [0.25, 0.3) is 0 Å². The molecule has 35 heavy (non-hydrogen) atoms. The van der Waals surface area contributed by atoms with E-state index in [1.165, 1.54) is 11.3 Å². The van der Waals surface area contributed by atoms with Crippen molar-refractivity contribution in [2.45, 2.75) is 26.0 Å². The molecule has 0 aliphatic carbocycles. The zero-order valence-corrected chi connectivity index (χ0v) is 20.4. The van der Waals surface area contributed by atoms with Crippen LogP contribution in [0.5, 0.6) is 11.5 Å². The summed E-state index contributed by atoms with van der Waals surface area (Å²) in [5.41, 5.74) is 2.90. The molecule has 5 rings (SSSR count). The van der Waals surface area contributed by atoms with Gasteiger partial charge in [-0.05, 0) is 31.2 Å². The lowest BCUT2D eigenvalue weighted by Gasteiger charge is -2.36. The van der Waals surface area contributed by atoms with Crippen molar-refractivity contribution >= 4 is 28.8 Å². The fourth-order valence-electron chi connectivity index (χ4n) is 4.18. The normalized spacial score (nSPS) is 17.7. The van der Waals surface area contributed by atoms with E-state index in [0.29, 0.717) is 31.1 Å². The molecule has 9 heteroatoms. The monoisotopic (exact) mass is 492 g/mol. The molecule has 0 bridgehead atoms. The third-order valence-electron chi connectivity index (χ3n) is 6.10. The van der Waals surface area contributed by atoms with E-state index >= 15 is 0 Å². The molecule has 1 fully saturated rings. The predicted molar refractivity (Wildman–Crippen MR) is 134 cm³/mol. The molecule has 3 heterocycles. The molecule has 0 radical (unpaired) electrons. The van der Waals surface area contributed by atoms with E-state index in [0.717, 1.165) is 35.0 Å². The average Bonchev–Trinajstić information content (AvgIpc) is 3.31. The van der Waals surface area contributed by atoms with Gasteiger partial charge in [-0.3, -0.25) is 14.5 Å². The first-order valence-electron chi connectivity index (χ1n) is 11.7. The highest BCUT2D eigenvalue weighted by atomic mass is 32.1. The quantitative estimate of drug-likeness (QED) is 0.569. The Labute approximate surface area is 208 Å². The van der Waals surface area contributed by atoms with Gasteiger partial charge in [-0.15, -0.1) is 11.3 Å². The molecule has 0 saturated carbocycles. The lowest BCUT2D eigenvalue weighted by atomic mass is 10.2. The number of amides is 2. The van der Waals surface area contributed by atoms with Gasteiger partial charge in [0.15, 0.2) is 11.5 Å². The van der Waals surface area contributed by atoms with Gasteiger partial charge in [0.25, 0.3) is 5.91 Å². The minimum absolute atomic E-state index is 0.0327. The molecule has 1 aromatic heterocycles. The average molecular weight is 493 g/mol. The van der Waals surface area contributed by atoms with Crippen LogP contribution in [0.2, 0.25) is 0 Å². The minimum Gasteiger partial charge on any atom is -0.485 e. The first-order chi connectivity index (χ1) is 17.0. The van der Waals surface area contributed by atoms with Crippen LogP contribution in [0.4, 0.5) is 5.69 Å². The predicted octanol–water partition coefficient (Wildman–Crippen LogP) is 3.12. The second kappa shape index (κ2) is 10.5. The van der Waals surface area contributed by atoms with Gasteiger partial charge in [-0.1, -0.05) is 29.8 Å². The van der Waals surface area contributed by atoms with E-state index < -0.39 is 6.10 Å². The third-order valence-corrected chi connectivity index (χ3v) is 7.00. The SMILES string of the molecule is Cc1ccc(NC(=O)Cc2nc(CN3CCN(C(=O)[C@H]4COc5ccccc5O4)CC3)cs2)cc1. The molecule has 2 amide bonds. The molecule has 1 N–H and O–H groups in total. The van der Waals surface area contributed by atoms with Gasteiger partial charge in [0, 0.05) is 43.8 Å². The van der Waals surface area contributed by atoms with Crippen LogP contribution in [-0.2, 0) is 22.6 Å². The van der Waals surface area contributed by atoms with E-state index in [-0.39, 0.29) is 24.8 Å². The molecule has 1 saturated heterocycles. The summed E-state index contributed by atoms with van der Waals surface area (Å²) in [5.74, 6) is 1.19. The van der Waals surface area contributed by atoms with Crippen molar-refractivity contribution in [2.75, 3.05) is 38.1 Å². The number of hydrogen-bond acceptors (Lipinski definition) is 7. The Balaban J connectivity index is 1.07. The van der Waals surface area contributed by atoms with Crippen molar-refractivity contribution in [3.05, 3.63) is 70.2 Å². The zero-order valence-electron chi connectivity index (χ0n) is 19.6. The number of aromatic nitrogens is 1. The Morgan fingerprint density at radius 3 is 2.57 bits per heavy atom. The number of nitrogens with one attached hydrogen (secondary N) is 1. The fraction of sp³-hybridized carbons (Fsp3) is 0.346. The molecule has 0 unspecified atom stereocenters. The van der Waals surface area contributed by atoms with Crippen LogP contribution in [0.1, 0.15) is 16.3 Å². The number of para-hydroxylation sites is 2. The number of aryl methyl sites for hydroxylation is 1. The number of anilines is 1. The Hall–Kier alpha value is -3.43. The highest BCUT2D eigenvalue weighted by Crippen LogP contribution is 2.31. The second-order valence-corrected chi connectivity index (χ2v) is 9.73. The van der Waals surface area contributed by atoms with Crippen LogP contribution in [0.15, 0.2) is 53.9 Å². The number of fused-ring (bicyclic) bond motifs is 1. The van der Waals surface area contributed by atoms with Crippen molar-refractivity contribution in [3.63, 3.8) is 0 Å². The highest BCUT2D eigenvalue weighted by Gasteiger charge is 2.32. The summed E-state index contributed by atoms with van der Waals surface area (Å²) < 4.78 is 11.6. The van der Waals surface area contributed by atoms with Gasteiger partial charge in [-0.25, -0.2) is 4.98 Å². The third kappa shape index (κ3) is 5.80. The standard InChI is InChI=1S/C26H28N4O4S/c1-18-6-8-19(9-7-18)27-24(31)14-25-28-20(17-35-25)15-29-10-12-30(13-11-29)26(32)23-16-33-21-4-2-3-5-22(21)34-23/h2-9,17,23H,10-16H2,1H3,(H,27,31)/t23-/m1/s1. The van der Waals surface area contributed by atoms with Crippen molar-refractivity contribution in [3.8, 4) is 11.5 Å². The number of hydrogen-bond donors (Lipinski definition) is 1. The number of piperazine rings is 1. The Kier molecular flexibility index (Phi) is 6.96. The molecule has 0 spiro atoms. The van der Waals surface area contributed by atoms with Gasteiger partial charge < -0.3 is 19.7 Å². The summed E-state index contributed by atoms with van der Waals surface area (Å²) in [6, 6.07) is 15.2. The summed E-state index contributed by atoms with van der Waals surface area (Å²) in [7, 11) is 0. The lowest BCUT2D eigenvalue weighted by Crippen LogP contribution is -2.53. The lowest BCUT2D eigenvalue weighted by molar-refractivity contribution is -0.143. The van der Waals surface area contributed by atoms with Crippen LogP contribution < -0.4 is 14.8 Å². The largest absolute Gasteiger partial charge is 0.485 e. The molecule has 182 valence electrons. The smallest absolute Gasteiger partial charge is 0.267 e. The fourth-order valence-corrected chi connectivity index (χ4v) is 4.97. The van der Waals surface area contributed by atoms with Crippen LogP contribution >= 0.6 is 11.3 Å². The van der Waals surface area contributed by atoms with Crippen molar-refractivity contribution < 1.29 is 19.1 Å². The molecule has 2 aliphatic rings. The maximum Gasteiger partial charge on any atom is 0.267 e. The number of rotatable bonds is 6. The number of nitrogens with zero attached hydrogens (tertiary/aromatic N) is 3. The van der Waals surface area contributed by atoms with Crippen LogP contribution in [0.3, 0.4) is 0 Å². The van der Waals surface area contributed by atoms with E-state index in [4.69, 9.17) is 9.47 Å². The first-order valence-corrected chi connectivity index (χ1v) is 12.6. The van der Waals surface area contributed by atoms with E-state index in [2.05, 4.69) is 15.2 Å². The van der Waals surface area contributed by atoms with Gasteiger partial charge in [-0.2, -0.15) is 0 Å². The number of carbonyl (C=O) groups is 2. The molecule has 2 aromatic carbocycles. The molecule has 3 aromatic rings. The number of ether oxygens (including phenoxy) is 2. The van der Waals surface area contributed by atoms with Gasteiger partial charge in [0.05, 0.1) is 12.1 Å². The molecular weight excluding hydrogens is 464 g/mol. The maximum atomic E-state index is 12.9. The van der Waals surface area contributed by atoms with Crippen molar-refractivity contribution in [2.24, 2.45) is 0 Å². The van der Waals surface area contributed by atoms with E-state index in [1.54, 1.807) is 0 Å². The summed E-state index contributed by atoms with van der Waals surface area (Å²) in [6.45, 7) is 5.74. The Morgan fingerprint density at radius 1 is 1.06 bits per heavy atom. The maximum absolute atomic E-state index is 12.9. The van der Waals surface area contributed by atoms with Crippen molar-refractivity contribution in [1.82, 2.24) is 14.8 Å². The number of thiazole rings is 1. The van der Waals surface area contributed by atoms with Gasteiger partial charge in [0.2, 0.25) is 12.0 Å². The zero-order chi connectivity index (χ0) is 24.2. The molecule has 1 atom stereocenters. The summed E-state index contributed by atoms with van der Waals surface area (Å²) >= 11 is 1.50. The van der Waals surface area contributed by atoms with Crippen LogP contribution in [0, 0.1) is 6.92 Å². The molecular formula is C26H28N4O4S. The van der Waals surface area contributed by atoms with Crippen molar-refractivity contribution in [1.29, 1.82) is 0 Å². The number of carbonyl (C=O) groups excluding carboxylic acids is 2. The molecule has 2 aliphatic heterocycles. The number of benzene rings is 2. The van der Waals surface area contributed by atoms with E-state index in [1.807, 2.05) is 65.7 Å². The second-order valence-electron chi connectivity index (χ2n) is 8.79.